The van der Waals surface area contributed by atoms with E-state index in [1.165, 1.54) is 6.42 Å². The highest BCUT2D eigenvalue weighted by Gasteiger charge is 2.31. The molecule has 1 aromatic rings. The predicted molar refractivity (Wildman–Crippen MR) is 114 cm³/mol. The molecule has 0 bridgehead atoms. The molecule has 1 aromatic carbocycles. The topological polar surface area (TPSA) is 95.7 Å². The molecule has 2 saturated heterocycles. The van der Waals surface area contributed by atoms with E-state index in [-0.39, 0.29) is 23.2 Å². The van der Waals surface area contributed by atoms with Gasteiger partial charge in [0.05, 0.1) is 5.69 Å². The number of hydrogen-bond donors (Lipinski definition) is 2. The molecule has 1 amide bonds. The van der Waals surface area contributed by atoms with Crippen molar-refractivity contribution >= 4 is 34.0 Å². The zero-order valence-corrected chi connectivity index (χ0v) is 17.9. The van der Waals surface area contributed by atoms with E-state index in [1.54, 1.807) is 22.5 Å². The Kier molecular flexibility index (Phi) is 8.55. The van der Waals surface area contributed by atoms with Gasteiger partial charge in [0.2, 0.25) is 10.0 Å². The standard InChI is InChI=1S/C19H30N4O3S.ClH/c20-9-10-21-19(24)16-7-8-17(22-11-3-1-4-12-22)18(15-16)27(25,26)23-13-5-2-6-14-23;/h7-8,15H,1-6,9-14,20H2,(H,21,24);1H. The molecule has 28 heavy (non-hydrogen) atoms. The van der Waals surface area contributed by atoms with Gasteiger partial charge in [-0.15, -0.1) is 12.4 Å². The van der Waals surface area contributed by atoms with Crippen LogP contribution in [0.25, 0.3) is 0 Å². The largest absolute Gasteiger partial charge is 0.370 e. The summed E-state index contributed by atoms with van der Waals surface area (Å²) in [4.78, 5) is 14.8. The minimum Gasteiger partial charge on any atom is -0.370 e. The number of sulfonamides is 1. The lowest BCUT2D eigenvalue weighted by atomic mass is 10.1. The van der Waals surface area contributed by atoms with E-state index < -0.39 is 10.0 Å². The summed E-state index contributed by atoms with van der Waals surface area (Å²) in [6.45, 7) is 3.50. The van der Waals surface area contributed by atoms with Crippen molar-refractivity contribution in [3.63, 3.8) is 0 Å². The number of nitrogens with two attached hydrogens (primary N) is 1. The molecule has 0 atom stereocenters. The van der Waals surface area contributed by atoms with Crippen LogP contribution in [0.4, 0.5) is 5.69 Å². The Morgan fingerprint density at radius 3 is 2.21 bits per heavy atom. The molecule has 0 unspecified atom stereocenters. The fraction of sp³-hybridized carbons (Fsp3) is 0.632. The average molecular weight is 431 g/mol. The fourth-order valence-corrected chi connectivity index (χ4v) is 5.54. The molecular weight excluding hydrogens is 400 g/mol. The van der Waals surface area contributed by atoms with E-state index in [0.717, 1.165) is 50.9 Å². The normalized spacial score (nSPS) is 18.4. The number of carbonyl (C=O) groups is 1. The second kappa shape index (κ2) is 10.4. The van der Waals surface area contributed by atoms with Crippen molar-refractivity contribution in [2.24, 2.45) is 5.73 Å². The van der Waals surface area contributed by atoms with E-state index in [0.29, 0.717) is 31.7 Å². The van der Waals surface area contributed by atoms with Gasteiger partial charge in [-0.25, -0.2) is 8.42 Å². The van der Waals surface area contributed by atoms with Gasteiger partial charge in [-0.05, 0) is 50.3 Å². The van der Waals surface area contributed by atoms with E-state index >= 15 is 0 Å². The van der Waals surface area contributed by atoms with Crippen LogP contribution >= 0.6 is 12.4 Å². The summed E-state index contributed by atoms with van der Waals surface area (Å²) < 4.78 is 28.3. The molecule has 0 aliphatic carbocycles. The van der Waals surface area contributed by atoms with E-state index in [2.05, 4.69) is 10.2 Å². The van der Waals surface area contributed by atoms with Crippen LogP contribution in [-0.2, 0) is 10.0 Å². The van der Waals surface area contributed by atoms with Gasteiger partial charge in [-0.2, -0.15) is 4.31 Å². The third kappa shape index (κ3) is 5.17. The number of nitrogens with zero attached hydrogens (tertiary/aromatic N) is 2. The predicted octanol–water partition coefficient (Wildman–Crippen LogP) is 1.96. The molecule has 0 spiro atoms. The number of amides is 1. The minimum atomic E-state index is -3.63. The van der Waals surface area contributed by atoms with Gasteiger partial charge >= 0.3 is 0 Å². The fourth-order valence-electron chi connectivity index (χ4n) is 3.79. The summed E-state index contributed by atoms with van der Waals surface area (Å²) in [7, 11) is -3.63. The van der Waals surface area contributed by atoms with Crippen LogP contribution in [0.15, 0.2) is 23.1 Å². The van der Waals surface area contributed by atoms with Crippen LogP contribution in [0.3, 0.4) is 0 Å². The number of halogens is 1. The Balaban J connectivity index is 0.00000280. The molecule has 7 nitrogen and oxygen atoms in total. The Morgan fingerprint density at radius 2 is 1.61 bits per heavy atom. The molecule has 0 aromatic heterocycles. The molecule has 2 heterocycles. The van der Waals surface area contributed by atoms with Gasteiger partial charge in [-0.3, -0.25) is 4.79 Å². The monoisotopic (exact) mass is 430 g/mol. The molecule has 158 valence electrons. The highest BCUT2D eigenvalue weighted by molar-refractivity contribution is 7.89. The highest BCUT2D eigenvalue weighted by atomic mass is 35.5. The molecule has 2 fully saturated rings. The first-order chi connectivity index (χ1) is 13.0. The smallest absolute Gasteiger partial charge is 0.251 e. The van der Waals surface area contributed by atoms with Crippen molar-refractivity contribution < 1.29 is 13.2 Å². The Morgan fingerprint density at radius 1 is 1.00 bits per heavy atom. The number of hydrogen-bond acceptors (Lipinski definition) is 5. The van der Waals surface area contributed by atoms with Crippen LogP contribution in [0.2, 0.25) is 0 Å². The van der Waals surface area contributed by atoms with Gasteiger partial charge in [0.1, 0.15) is 4.90 Å². The summed E-state index contributed by atoms with van der Waals surface area (Å²) in [5.74, 6) is -0.291. The minimum absolute atomic E-state index is 0. The van der Waals surface area contributed by atoms with Gasteiger partial charge < -0.3 is 16.0 Å². The maximum atomic E-state index is 13.4. The van der Waals surface area contributed by atoms with Crippen LogP contribution in [0.5, 0.6) is 0 Å². The third-order valence-electron chi connectivity index (χ3n) is 5.28. The Labute approximate surface area is 174 Å². The number of nitrogens with one attached hydrogen (secondary N) is 1. The lowest BCUT2D eigenvalue weighted by molar-refractivity contribution is 0.0954. The number of anilines is 1. The van der Waals surface area contributed by atoms with Gasteiger partial charge in [0, 0.05) is 44.8 Å². The van der Waals surface area contributed by atoms with Crippen LogP contribution < -0.4 is 16.0 Å². The van der Waals surface area contributed by atoms with Crippen LogP contribution in [0.1, 0.15) is 48.9 Å². The summed E-state index contributed by atoms with van der Waals surface area (Å²) in [5, 5.41) is 2.72. The first-order valence-electron chi connectivity index (χ1n) is 9.91. The number of benzene rings is 1. The molecule has 9 heteroatoms. The van der Waals surface area contributed by atoms with Crippen molar-refractivity contribution in [1.82, 2.24) is 9.62 Å². The zero-order valence-electron chi connectivity index (χ0n) is 16.2. The van der Waals surface area contributed by atoms with E-state index in [9.17, 15) is 13.2 Å². The quantitative estimate of drug-likeness (QED) is 0.719. The zero-order chi connectivity index (χ0) is 19.3. The summed E-state index contributed by atoms with van der Waals surface area (Å²) in [5.41, 5.74) is 6.53. The first kappa shape index (κ1) is 22.9. The van der Waals surface area contributed by atoms with Gasteiger partial charge in [0.15, 0.2) is 0 Å². The van der Waals surface area contributed by atoms with Crippen molar-refractivity contribution in [3.05, 3.63) is 23.8 Å². The molecule has 0 saturated carbocycles. The maximum Gasteiger partial charge on any atom is 0.251 e. The number of carbonyl (C=O) groups excluding carboxylic acids is 1. The van der Waals surface area contributed by atoms with Crippen LogP contribution in [-0.4, -0.2) is 57.9 Å². The lowest BCUT2D eigenvalue weighted by Crippen LogP contribution is -2.38. The molecule has 3 rings (SSSR count). The first-order valence-corrected chi connectivity index (χ1v) is 11.4. The maximum absolute atomic E-state index is 13.4. The molecule has 2 aliphatic heterocycles. The van der Waals surface area contributed by atoms with Crippen molar-refractivity contribution in [2.45, 2.75) is 43.4 Å². The average Bonchev–Trinajstić information content (AvgIpc) is 2.73. The molecule has 0 radical (unpaired) electrons. The van der Waals surface area contributed by atoms with E-state index in [4.69, 9.17) is 5.73 Å². The Hall–Kier alpha value is -1.35. The molecule has 2 aliphatic rings. The highest BCUT2D eigenvalue weighted by Crippen LogP contribution is 2.32. The summed E-state index contributed by atoms with van der Waals surface area (Å²) >= 11 is 0. The molecule has 3 N–H and O–H groups in total. The Bertz CT molecular complexity index is 760. The van der Waals surface area contributed by atoms with Crippen molar-refractivity contribution in [1.29, 1.82) is 0 Å². The van der Waals surface area contributed by atoms with Crippen molar-refractivity contribution in [2.75, 3.05) is 44.2 Å². The van der Waals surface area contributed by atoms with E-state index in [1.807, 2.05) is 0 Å². The SMILES string of the molecule is Cl.NCCNC(=O)c1ccc(N2CCCCC2)c(S(=O)(=O)N2CCCCC2)c1. The summed E-state index contributed by atoms with van der Waals surface area (Å²) in [6.07, 6.45) is 6.12. The van der Waals surface area contributed by atoms with Crippen LogP contribution in [0, 0.1) is 0 Å². The summed E-state index contributed by atoms with van der Waals surface area (Å²) in [6, 6.07) is 5.05. The van der Waals surface area contributed by atoms with Crippen molar-refractivity contribution in [3.8, 4) is 0 Å². The lowest BCUT2D eigenvalue weighted by Gasteiger charge is -2.33. The third-order valence-corrected chi connectivity index (χ3v) is 7.21. The van der Waals surface area contributed by atoms with Gasteiger partial charge in [0.25, 0.3) is 5.91 Å². The second-order valence-corrected chi connectivity index (χ2v) is 9.15. The second-order valence-electron chi connectivity index (χ2n) is 7.24. The van der Waals surface area contributed by atoms with Gasteiger partial charge in [-0.1, -0.05) is 6.42 Å². The molecular formula is C19H31ClN4O3S. The number of piperidine rings is 2. The number of rotatable bonds is 6.